The van der Waals surface area contributed by atoms with Crippen LogP contribution in [0.1, 0.15) is 19.5 Å². The Bertz CT molecular complexity index is 861. The minimum atomic E-state index is -3.91. The number of rotatable bonds is 4. The number of hydrogen-bond acceptors (Lipinski definition) is 4. The van der Waals surface area contributed by atoms with Gasteiger partial charge < -0.3 is 4.74 Å². The van der Waals surface area contributed by atoms with Crippen LogP contribution in [-0.4, -0.2) is 31.3 Å². The van der Waals surface area contributed by atoms with Gasteiger partial charge in [-0.2, -0.15) is 5.10 Å². The summed E-state index contributed by atoms with van der Waals surface area (Å²) in [4.78, 5) is 0.0965. The van der Waals surface area contributed by atoms with Crippen LogP contribution in [0.25, 0.3) is 0 Å². The Balaban J connectivity index is 2.06. The molecule has 2 heterocycles. The number of hydrogen-bond donors (Lipinski definition) is 0. The van der Waals surface area contributed by atoms with Gasteiger partial charge in [0.05, 0.1) is 12.2 Å². The summed E-state index contributed by atoms with van der Waals surface area (Å²) in [6, 6.07) is 4.29. The Morgan fingerprint density at radius 1 is 1.38 bits per heavy atom. The van der Waals surface area contributed by atoms with E-state index in [1.165, 1.54) is 18.3 Å². The Labute approximate surface area is 140 Å². The number of benzene rings is 1. The molecule has 1 aliphatic rings. The maximum atomic E-state index is 14.2. The van der Waals surface area contributed by atoms with E-state index in [-0.39, 0.29) is 29.5 Å². The molecule has 1 aromatic heterocycles. The third kappa shape index (κ3) is 2.86. The van der Waals surface area contributed by atoms with Crippen molar-refractivity contribution in [3.8, 4) is 5.75 Å². The SMILES string of the molecule is Cc1nn(CC(C)C)cc1S(=O)(=O)N1CCOc2cccc(F)c21. The minimum absolute atomic E-state index is 0.0419. The van der Waals surface area contributed by atoms with Crippen molar-refractivity contribution in [2.45, 2.75) is 32.2 Å². The van der Waals surface area contributed by atoms with Gasteiger partial charge in [0.2, 0.25) is 0 Å². The number of sulfonamides is 1. The minimum Gasteiger partial charge on any atom is -0.489 e. The van der Waals surface area contributed by atoms with Gasteiger partial charge in [0.15, 0.2) is 5.82 Å². The monoisotopic (exact) mass is 353 g/mol. The molecular weight excluding hydrogens is 333 g/mol. The molecule has 3 rings (SSSR count). The van der Waals surface area contributed by atoms with E-state index < -0.39 is 15.8 Å². The highest BCUT2D eigenvalue weighted by Crippen LogP contribution is 2.37. The first-order chi connectivity index (χ1) is 11.3. The van der Waals surface area contributed by atoms with Crippen LogP contribution < -0.4 is 9.04 Å². The van der Waals surface area contributed by atoms with Crippen LogP contribution in [0, 0.1) is 18.7 Å². The van der Waals surface area contributed by atoms with E-state index in [1.54, 1.807) is 17.7 Å². The standard InChI is InChI=1S/C16H20FN3O3S/c1-11(2)9-19-10-15(12(3)18-19)24(21,22)20-7-8-23-14-6-4-5-13(17)16(14)20/h4-6,10-11H,7-9H2,1-3H3. The second-order valence-corrected chi connectivity index (χ2v) is 8.04. The van der Waals surface area contributed by atoms with Gasteiger partial charge in [-0.1, -0.05) is 19.9 Å². The van der Waals surface area contributed by atoms with Gasteiger partial charge in [0, 0.05) is 12.7 Å². The van der Waals surface area contributed by atoms with Crippen molar-refractivity contribution in [2.75, 3.05) is 17.5 Å². The molecule has 0 unspecified atom stereocenters. The summed E-state index contributed by atoms with van der Waals surface area (Å²) in [5, 5.41) is 4.28. The predicted octanol–water partition coefficient (Wildman–Crippen LogP) is 2.57. The Morgan fingerprint density at radius 3 is 2.83 bits per heavy atom. The summed E-state index contributed by atoms with van der Waals surface area (Å²) >= 11 is 0. The van der Waals surface area contributed by atoms with Crippen molar-refractivity contribution in [1.29, 1.82) is 0 Å². The van der Waals surface area contributed by atoms with E-state index >= 15 is 0 Å². The number of fused-ring (bicyclic) bond motifs is 1. The summed E-state index contributed by atoms with van der Waals surface area (Å²) in [6.07, 6.45) is 1.51. The maximum absolute atomic E-state index is 14.2. The fourth-order valence-corrected chi connectivity index (χ4v) is 4.42. The second kappa shape index (κ2) is 6.08. The van der Waals surface area contributed by atoms with E-state index in [2.05, 4.69) is 5.10 Å². The topological polar surface area (TPSA) is 64.4 Å². The molecule has 1 aromatic carbocycles. The number of nitrogens with zero attached hydrogens (tertiary/aromatic N) is 3. The molecular formula is C16H20FN3O3S. The van der Waals surface area contributed by atoms with Crippen LogP contribution in [0.3, 0.4) is 0 Å². The molecule has 0 bridgehead atoms. The zero-order valence-electron chi connectivity index (χ0n) is 13.9. The Hall–Kier alpha value is -2.09. The van der Waals surface area contributed by atoms with Crippen LogP contribution in [0.5, 0.6) is 5.75 Å². The van der Waals surface area contributed by atoms with Gasteiger partial charge in [-0.05, 0) is 25.0 Å². The van der Waals surface area contributed by atoms with E-state index in [9.17, 15) is 12.8 Å². The average molecular weight is 353 g/mol. The van der Waals surface area contributed by atoms with Crippen LogP contribution in [0.2, 0.25) is 0 Å². The van der Waals surface area contributed by atoms with Crippen molar-refractivity contribution in [3.63, 3.8) is 0 Å². The Morgan fingerprint density at radius 2 is 2.12 bits per heavy atom. The molecule has 0 fully saturated rings. The number of ether oxygens (including phenoxy) is 1. The van der Waals surface area contributed by atoms with E-state index in [0.29, 0.717) is 18.2 Å². The summed E-state index contributed by atoms with van der Waals surface area (Å²) in [5.74, 6) is -0.0542. The number of para-hydroxylation sites is 1. The fraction of sp³-hybridized carbons (Fsp3) is 0.438. The lowest BCUT2D eigenvalue weighted by molar-refractivity contribution is 0.313. The lowest BCUT2D eigenvalue weighted by atomic mass is 10.2. The maximum Gasteiger partial charge on any atom is 0.268 e. The summed E-state index contributed by atoms with van der Waals surface area (Å²) in [6.45, 7) is 6.55. The molecule has 0 amide bonds. The normalized spacial score (nSPS) is 14.6. The molecule has 6 nitrogen and oxygen atoms in total. The van der Waals surface area contributed by atoms with Crippen molar-refractivity contribution >= 4 is 15.7 Å². The zero-order valence-corrected chi connectivity index (χ0v) is 14.7. The van der Waals surface area contributed by atoms with Crippen LogP contribution in [-0.2, 0) is 16.6 Å². The molecule has 0 atom stereocenters. The molecule has 2 aromatic rings. The molecule has 1 aliphatic heterocycles. The van der Waals surface area contributed by atoms with E-state index in [0.717, 1.165) is 4.31 Å². The summed E-state index contributed by atoms with van der Waals surface area (Å²) in [7, 11) is -3.91. The van der Waals surface area contributed by atoms with Crippen molar-refractivity contribution in [2.24, 2.45) is 5.92 Å². The highest BCUT2D eigenvalue weighted by molar-refractivity contribution is 7.92. The quantitative estimate of drug-likeness (QED) is 0.847. The first kappa shape index (κ1) is 16.8. The van der Waals surface area contributed by atoms with E-state index in [4.69, 9.17) is 4.74 Å². The molecule has 24 heavy (non-hydrogen) atoms. The summed E-state index contributed by atoms with van der Waals surface area (Å²) < 4.78 is 48.5. The smallest absolute Gasteiger partial charge is 0.268 e. The van der Waals surface area contributed by atoms with Gasteiger partial charge in [0.1, 0.15) is 22.9 Å². The highest BCUT2D eigenvalue weighted by atomic mass is 32.2. The number of halogens is 1. The van der Waals surface area contributed by atoms with E-state index in [1.807, 2.05) is 13.8 Å². The lowest BCUT2D eigenvalue weighted by Gasteiger charge is -2.30. The van der Waals surface area contributed by atoms with Crippen molar-refractivity contribution < 1.29 is 17.5 Å². The molecule has 0 saturated heterocycles. The first-order valence-electron chi connectivity index (χ1n) is 7.79. The fourth-order valence-electron chi connectivity index (χ4n) is 2.78. The van der Waals surface area contributed by atoms with Crippen LogP contribution in [0.4, 0.5) is 10.1 Å². The third-order valence-corrected chi connectivity index (χ3v) is 5.67. The van der Waals surface area contributed by atoms with Gasteiger partial charge >= 0.3 is 0 Å². The van der Waals surface area contributed by atoms with Gasteiger partial charge in [-0.25, -0.2) is 12.8 Å². The Kier molecular flexibility index (Phi) is 4.25. The van der Waals surface area contributed by atoms with Gasteiger partial charge in [-0.3, -0.25) is 8.99 Å². The van der Waals surface area contributed by atoms with Crippen molar-refractivity contribution in [1.82, 2.24) is 9.78 Å². The number of anilines is 1. The lowest BCUT2D eigenvalue weighted by Crippen LogP contribution is -2.38. The second-order valence-electron chi connectivity index (χ2n) is 6.21. The number of aryl methyl sites for hydroxylation is 1. The largest absolute Gasteiger partial charge is 0.489 e. The van der Waals surface area contributed by atoms with Crippen LogP contribution >= 0.6 is 0 Å². The van der Waals surface area contributed by atoms with Crippen molar-refractivity contribution in [3.05, 3.63) is 35.9 Å². The molecule has 130 valence electrons. The molecule has 0 N–H and O–H groups in total. The number of aromatic nitrogens is 2. The predicted molar refractivity (Wildman–Crippen MR) is 88.2 cm³/mol. The molecule has 0 saturated carbocycles. The first-order valence-corrected chi connectivity index (χ1v) is 9.23. The molecule has 8 heteroatoms. The molecule has 0 radical (unpaired) electrons. The van der Waals surface area contributed by atoms with Crippen LogP contribution in [0.15, 0.2) is 29.3 Å². The molecule has 0 aliphatic carbocycles. The van der Waals surface area contributed by atoms with Gasteiger partial charge in [0.25, 0.3) is 10.0 Å². The summed E-state index contributed by atoms with van der Waals surface area (Å²) in [5.41, 5.74) is 0.361. The third-order valence-electron chi connectivity index (χ3n) is 3.77. The molecule has 0 spiro atoms. The zero-order chi connectivity index (χ0) is 17.5. The van der Waals surface area contributed by atoms with Gasteiger partial charge in [-0.15, -0.1) is 0 Å². The average Bonchev–Trinajstić information content (AvgIpc) is 2.87. The highest BCUT2D eigenvalue weighted by Gasteiger charge is 2.34.